The Morgan fingerprint density at radius 1 is 1.12 bits per heavy atom. The van der Waals surface area contributed by atoms with Crippen LogP contribution in [0, 0.1) is 0 Å². The summed E-state index contributed by atoms with van der Waals surface area (Å²) in [6.45, 7) is 7.23. The maximum absolute atomic E-state index is 12.5. The Kier molecular flexibility index (Phi) is 5.59. The van der Waals surface area contributed by atoms with Gasteiger partial charge in [-0.15, -0.1) is 0 Å². The van der Waals surface area contributed by atoms with Gasteiger partial charge in [-0.25, -0.2) is 9.59 Å². The standard InChI is InChI=1S/C19H25N3O4/c1-11-5-6-15(22-18(24)26-19(2,3)4)16(7-11)25-17(23)12-8-13(20)10-14(21)9-12/h5-6,8-10,16H,7,20-21H2,1-4H3,(H,22,24). The molecule has 0 aromatic heterocycles. The fourth-order valence-electron chi connectivity index (χ4n) is 2.45. The van der Waals surface area contributed by atoms with Crippen molar-refractivity contribution in [1.29, 1.82) is 0 Å². The zero-order valence-electron chi connectivity index (χ0n) is 15.5. The number of alkyl carbamates (subject to hydrolysis) is 1. The van der Waals surface area contributed by atoms with Crippen LogP contribution in [0.4, 0.5) is 16.2 Å². The van der Waals surface area contributed by atoms with Crippen LogP contribution in [-0.4, -0.2) is 23.8 Å². The van der Waals surface area contributed by atoms with Crippen molar-refractivity contribution < 1.29 is 19.1 Å². The van der Waals surface area contributed by atoms with Crippen LogP contribution < -0.4 is 16.8 Å². The van der Waals surface area contributed by atoms with Gasteiger partial charge in [0, 0.05) is 17.8 Å². The molecule has 0 radical (unpaired) electrons. The first kappa shape index (κ1) is 19.4. The highest BCUT2D eigenvalue weighted by Crippen LogP contribution is 2.23. The van der Waals surface area contributed by atoms with Crippen molar-refractivity contribution in [3.8, 4) is 0 Å². The van der Waals surface area contributed by atoms with Crippen LogP contribution in [0.15, 0.2) is 41.6 Å². The van der Waals surface area contributed by atoms with Crippen molar-refractivity contribution in [3.05, 3.63) is 47.2 Å². The smallest absolute Gasteiger partial charge is 0.412 e. The first-order valence-electron chi connectivity index (χ1n) is 8.28. The Balaban J connectivity index is 2.13. The molecule has 0 saturated carbocycles. The van der Waals surface area contributed by atoms with Crippen LogP contribution >= 0.6 is 0 Å². The molecule has 0 heterocycles. The number of esters is 1. The van der Waals surface area contributed by atoms with Gasteiger partial charge in [-0.05, 0) is 52.0 Å². The van der Waals surface area contributed by atoms with Gasteiger partial charge in [0.05, 0.1) is 11.3 Å². The third kappa shape index (κ3) is 5.54. The molecule has 1 aromatic carbocycles. The summed E-state index contributed by atoms with van der Waals surface area (Å²) in [6.07, 6.45) is 2.78. The Labute approximate surface area is 153 Å². The van der Waals surface area contributed by atoms with Gasteiger partial charge >= 0.3 is 12.1 Å². The highest BCUT2D eigenvalue weighted by molar-refractivity contribution is 5.92. The number of nitrogen functional groups attached to an aromatic ring is 2. The summed E-state index contributed by atoms with van der Waals surface area (Å²) in [4.78, 5) is 24.5. The largest absolute Gasteiger partial charge is 0.452 e. The van der Waals surface area contributed by atoms with Crippen molar-refractivity contribution >= 4 is 23.4 Å². The first-order chi connectivity index (χ1) is 12.0. The predicted octanol–water partition coefficient (Wildman–Crippen LogP) is 3.14. The van der Waals surface area contributed by atoms with Gasteiger partial charge in [0.2, 0.25) is 0 Å². The quantitative estimate of drug-likeness (QED) is 0.564. The second-order valence-corrected chi connectivity index (χ2v) is 7.25. The van der Waals surface area contributed by atoms with Crippen molar-refractivity contribution in [1.82, 2.24) is 5.32 Å². The molecule has 0 saturated heterocycles. The average molecular weight is 359 g/mol. The molecular weight excluding hydrogens is 334 g/mol. The van der Waals surface area contributed by atoms with E-state index in [1.807, 2.05) is 13.0 Å². The van der Waals surface area contributed by atoms with Gasteiger partial charge in [-0.3, -0.25) is 5.32 Å². The van der Waals surface area contributed by atoms with Gasteiger partial charge in [0.1, 0.15) is 11.7 Å². The van der Waals surface area contributed by atoms with Gasteiger partial charge in [0.25, 0.3) is 0 Å². The van der Waals surface area contributed by atoms with Gasteiger partial charge in [0.15, 0.2) is 0 Å². The minimum atomic E-state index is -0.636. The number of allylic oxidation sites excluding steroid dienone is 2. The highest BCUT2D eigenvalue weighted by atomic mass is 16.6. The number of hydrogen-bond donors (Lipinski definition) is 3. The third-order valence-corrected chi connectivity index (χ3v) is 3.51. The number of rotatable bonds is 3. The Bertz CT molecular complexity index is 755. The topological polar surface area (TPSA) is 117 Å². The molecule has 7 nitrogen and oxygen atoms in total. The van der Waals surface area contributed by atoms with E-state index < -0.39 is 23.8 Å². The number of carbonyl (C=O) groups excluding carboxylic acids is 2. The Morgan fingerprint density at radius 3 is 2.31 bits per heavy atom. The molecule has 26 heavy (non-hydrogen) atoms. The minimum Gasteiger partial charge on any atom is -0.452 e. The number of ether oxygens (including phenoxy) is 2. The monoisotopic (exact) mass is 359 g/mol. The summed E-state index contributed by atoms with van der Waals surface area (Å²) >= 11 is 0. The summed E-state index contributed by atoms with van der Waals surface area (Å²) in [5, 5.41) is 2.65. The number of benzene rings is 1. The second-order valence-electron chi connectivity index (χ2n) is 7.25. The molecule has 0 aliphatic heterocycles. The Hall–Kier alpha value is -2.96. The molecular formula is C19H25N3O4. The Morgan fingerprint density at radius 2 is 1.73 bits per heavy atom. The summed E-state index contributed by atoms with van der Waals surface area (Å²) in [5.41, 5.74) is 13.3. The number of hydrogen-bond acceptors (Lipinski definition) is 6. The number of amides is 1. The van der Waals surface area contributed by atoms with Crippen molar-refractivity contribution in [2.45, 2.75) is 45.8 Å². The van der Waals surface area contributed by atoms with Crippen LogP contribution in [0.2, 0.25) is 0 Å². The van der Waals surface area contributed by atoms with E-state index in [0.717, 1.165) is 5.57 Å². The molecule has 0 spiro atoms. The van der Waals surface area contributed by atoms with Crippen LogP contribution in [0.1, 0.15) is 44.5 Å². The summed E-state index contributed by atoms with van der Waals surface area (Å²) in [7, 11) is 0. The zero-order valence-corrected chi connectivity index (χ0v) is 15.5. The van der Waals surface area contributed by atoms with Gasteiger partial charge in [-0.1, -0.05) is 11.6 Å². The van der Waals surface area contributed by atoms with E-state index in [2.05, 4.69) is 5.32 Å². The zero-order chi connectivity index (χ0) is 19.5. The maximum Gasteiger partial charge on any atom is 0.412 e. The lowest BCUT2D eigenvalue weighted by molar-refractivity contribution is 0.0325. The van der Waals surface area contributed by atoms with E-state index in [-0.39, 0.29) is 5.56 Å². The van der Waals surface area contributed by atoms with Crippen LogP contribution in [-0.2, 0) is 9.47 Å². The van der Waals surface area contributed by atoms with E-state index in [9.17, 15) is 9.59 Å². The van der Waals surface area contributed by atoms with Crippen LogP contribution in [0.25, 0.3) is 0 Å². The predicted molar refractivity (Wildman–Crippen MR) is 100 cm³/mol. The van der Waals surface area contributed by atoms with Crippen molar-refractivity contribution in [3.63, 3.8) is 0 Å². The number of nitrogens with one attached hydrogen (secondary N) is 1. The van der Waals surface area contributed by atoms with Crippen molar-refractivity contribution in [2.24, 2.45) is 0 Å². The van der Waals surface area contributed by atoms with E-state index in [1.165, 1.54) is 12.1 Å². The molecule has 0 fully saturated rings. The fraction of sp³-hybridized carbons (Fsp3) is 0.368. The lowest BCUT2D eigenvalue weighted by Crippen LogP contribution is -2.37. The maximum atomic E-state index is 12.5. The van der Waals surface area contributed by atoms with Crippen LogP contribution in [0.3, 0.4) is 0 Å². The number of anilines is 2. The molecule has 2 rings (SSSR count). The second kappa shape index (κ2) is 7.51. The van der Waals surface area contributed by atoms with Gasteiger partial charge in [-0.2, -0.15) is 0 Å². The fourth-order valence-corrected chi connectivity index (χ4v) is 2.45. The van der Waals surface area contributed by atoms with E-state index in [4.69, 9.17) is 20.9 Å². The van der Waals surface area contributed by atoms with E-state index in [0.29, 0.717) is 23.5 Å². The van der Waals surface area contributed by atoms with E-state index >= 15 is 0 Å². The molecule has 7 heteroatoms. The lowest BCUT2D eigenvalue weighted by atomic mass is 10.0. The van der Waals surface area contributed by atoms with Crippen molar-refractivity contribution in [2.75, 3.05) is 11.5 Å². The van der Waals surface area contributed by atoms with Crippen LogP contribution in [0.5, 0.6) is 0 Å². The molecule has 1 aromatic rings. The average Bonchev–Trinajstić information content (AvgIpc) is 2.47. The molecule has 1 amide bonds. The first-order valence-corrected chi connectivity index (χ1v) is 8.28. The molecule has 1 atom stereocenters. The highest BCUT2D eigenvalue weighted by Gasteiger charge is 2.26. The summed E-state index contributed by atoms with van der Waals surface area (Å²) < 4.78 is 10.8. The molecule has 0 bridgehead atoms. The SMILES string of the molecule is CC1=CC=C(NC(=O)OC(C)(C)C)C(OC(=O)c2cc(N)cc(N)c2)C1. The normalized spacial score (nSPS) is 17.0. The lowest BCUT2D eigenvalue weighted by Gasteiger charge is -2.26. The summed E-state index contributed by atoms with van der Waals surface area (Å²) in [6, 6.07) is 4.55. The van der Waals surface area contributed by atoms with Gasteiger partial charge < -0.3 is 20.9 Å². The molecule has 5 N–H and O–H groups in total. The number of carbonyl (C=O) groups is 2. The third-order valence-electron chi connectivity index (χ3n) is 3.51. The summed E-state index contributed by atoms with van der Waals surface area (Å²) in [5.74, 6) is -0.569. The number of nitrogens with two attached hydrogens (primary N) is 2. The van der Waals surface area contributed by atoms with E-state index in [1.54, 1.807) is 32.9 Å². The molecule has 1 unspecified atom stereocenters. The molecule has 1 aliphatic carbocycles. The molecule has 1 aliphatic rings. The minimum absolute atomic E-state index is 0.256. The molecule has 140 valence electrons.